The molecule has 0 aromatic heterocycles. The minimum atomic E-state index is -3.13. The lowest BCUT2D eigenvalue weighted by molar-refractivity contribution is -0.112. The van der Waals surface area contributed by atoms with Gasteiger partial charge >= 0.3 is 5.97 Å². The number of hydrogen-bond acceptors (Lipinski definition) is 8. The molecule has 9 nitrogen and oxygen atoms in total. The van der Waals surface area contributed by atoms with Crippen LogP contribution in [-0.2, 0) is 24.1 Å². The summed E-state index contributed by atoms with van der Waals surface area (Å²) in [5, 5.41) is 12.1. The number of benzene rings is 1. The van der Waals surface area contributed by atoms with Crippen molar-refractivity contribution in [1.82, 2.24) is 4.90 Å². The van der Waals surface area contributed by atoms with E-state index in [1.54, 1.807) is 11.8 Å². The van der Waals surface area contributed by atoms with Crippen molar-refractivity contribution >= 4 is 27.4 Å². The normalized spacial score (nSPS) is 17.8. The van der Waals surface area contributed by atoms with Gasteiger partial charge in [0.15, 0.2) is 9.84 Å². The average molecular weight is 436 g/mol. The molecule has 1 saturated heterocycles. The second-order valence-electron chi connectivity index (χ2n) is 6.69. The molecule has 1 aromatic rings. The van der Waals surface area contributed by atoms with Crippen molar-refractivity contribution in [3.05, 3.63) is 41.6 Å². The molecule has 0 saturated carbocycles. The van der Waals surface area contributed by atoms with Crippen molar-refractivity contribution in [2.75, 3.05) is 43.7 Å². The third kappa shape index (κ3) is 6.57. The number of carbonyl (C=O) groups excluding carboxylic acids is 2. The summed E-state index contributed by atoms with van der Waals surface area (Å²) < 4.78 is 33.6. The van der Waals surface area contributed by atoms with E-state index >= 15 is 0 Å². The minimum absolute atomic E-state index is 0.0249. The van der Waals surface area contributed by atoms with Crippen LogP contribution in [0.1, 0.15) is 23.7 Å². The molecule has 1 aromatic carbocycles. The summed E-state index contributed by atoms with van der Waals surface area (Å²) in [5.74, 6) is -1.04. The van der Waals surface area contributed by atoms with Gasteiger partial charge in [0.1, 0.15) is 11.6 Å². The van der Waals surface area contributed by atoms with Gasteiger partial charge in [0.05, 0.1) is 30.3 Å². The zero-order valence-corrected chi connectivity index (χ0v) is 17.8. The fraction of sp³-hybridized carbons (Fsp3) is 0.450. The maximum absolute atomic E-state index is 12.5. The fourth-order valence-electron chi connectivity index (χ4n) is 2.99. The van der Waals surface area contributed by atoms with Crippen LogP contribution in [0.3, 0.4) is 0 Å². The number of anilines is 1. The molecule has 10 heteroatoms. The average Bonchev–Trinajstić information content (AvgIpc) is 3.08. The van der Waals surface area contributed by atoms with Gasteiger partial charge in [-0.3, -0.25) is 4.79 Å². The number of nitrogens with zero attached hydrogens (tertiary/aromatic N) is 2. The van der Waals surface area contributed by atoms with Crippen LogP contribution in [0.5, 0.6) is 0 Å². The largest absolute Gasteiger partial charge is 0.462 e. The molecule has 1 aliphatic rings. The van der Waals surface area contributed by atoms with E-state index in [1.165, 1.54) is 37.6 Å². The molecule has 2 rings (SSSR count). The lowest BCUT2D eigenvalue weighted by Crippen LogP contribution is -2.35. The molecule has 0 bridgehead atoms. The van der Waals surface area contributed by atoms with Crippen LogP contribution in [0.15, 0.2) is 36.0 Å². The molecule has 1 aliphatic heterocycles. The van der Waals surface area contributed by atoms with E-state index in [1.807, 2.05) is 6.07 Å². The van der Waals surface area contributed by atoms with Gasteiger partial charge < -0.3 is 19.7 Å². The zero-order chi connectivity index (χ0) is 22.1. The molecule has 1 atom stereocenters. The first-order valence-electron chi connectivity index (χ1n) is 9.45. The fourth-order valence-corrected chi connectivity index (χ4v) is 4.74. The molecule has 1 amide bonds. The number of nitrogens with one attached hydrogen (secondary N) is 1. The van der Waals surface area contributed by atoms with Crippen LogP contribution >= 0.6 is 0 Å². The van der Waals surface area contributed by atoms with Crippen LogP contribution < -0.4 is 5.32 Å². The maximum Gasteiger partial charge on any atom is 0.338 e. The van der Waals surface area contributed by atoms with E-state index in [4.69, 9.17) is 9.47 Å². The molecule has 1 heterocycles. The van der Waals surface area contributed by atoms with Crippen LogP contribution in [0, 0.1) is 11.3 Å². The van der Waals surface area contributed by atoms with Gasteiger partial charge in [0.2, 0.25) is 0 Å². The smallest absolute Gasteiger partial charge is 0.338 e. The highest BCUT2D eigenvalue weighted by molar-refractivity contribution is 7.91. The summed E-state index contributed by atoms with van der Waals surface area (Å²) in [7, 11) is -1.61. The Balaban J connectivity index is 2.13. The van der Waals surface area contributed by atoms with Crippen LogP contribution in [-0.4, -0.2) is 69.6 Å². The standard InChI is InChI=1S/C20H25N3O6S/c1-3-29-20(25)15-4-6-17(7-5-15)22-19(24)16(12-21)13-23(9-10-28-2)18-8-11-30(26,27)14-18/h4-7,13,18H,3,8-11,14H2,1-2H3,(H,22,24)/b16-13-. The highest BCUT2D eigenvalue weighted by Gasteiger charge is 2.31. The number of carbonyl (C=O) groups is 2. The Morgan fingerprint density at radius 3 is 2.57 bits per heavy atom. The summed E-state index contributed by atoms with van der Waals surface area (Å²) in [4.78, 5) is 25.9. The lowest BCUT2D eigenvalue weighted by atomic mass is 10.2. The van der Waals surface area contributed by atoms with E-state index in [0.717, 1.165) is 0 Å². The third-order valence-corrected chi connectivity index (χ3v) is 6.30. The summed E-state index contributed by atoms with van der Waals surface area (Å²) in [6.45, 7) is 2.64. The Morgan fingerprint density at radius 2 is 2.03 bits per heavy atom. The molecule has 30 heavy (non-hydrogen) atoms. The second-order valence-corrected chi connectivity index (χ2v) is 8.92. The lowest BCUT2D eigenvalue weighted by Gasteiger charge is -2.26. The van der Waals surface area contributed by atoms with E-state index in [2.05, 4.69) is 5.32 Å². The first kappa shape index (κ1) is 23.4. The van der Waals surface area contributed by atoms with Gasteiger partial charge in [-0.2, -0.15) is 5.26 Å². The van der Waals surface area contributed by atoms with Crippen molar-refractivity contribution in [1.29, 1.82) is 5.26 Å². The topological polar surface area (TPSA) is 126 Å². The Hall–Kier alpha value is -2.90. The summed E-state index contributed by atoms with van der Waals surface area (Å²) in [6.07, 6.45) is 1.81. The first-order chi connectivity index (χ1) is 14.3. The quantitative estimate of drug-likeness (QED) is 0.350. The zero-order valence-electron chi connectivity index (χ0n) is 17.0. The molecule has 0 spiro atoms. The predicted molar refractivity (Wildman–Crippen MR) is 110 cm³/mol. The Labute approximate surface area is 176 Å². The number of ether oxygens (including phenoxy) is 2. The van der Waals surface area contributed by atoms with Crippen molar-refractivity contribution in [2.24, 2.45) is 0 Å². The van der Waals surface area contributed by atoms with E-state index in [-0.39, 0.29) is 29.7 Å². The Bertz CT molecular complexity index is 934. The SMILES string of the molecule is CCOC(=O)c1ccc(NC(=O)/C(C#N)=C\N(CCOC)C2CCS(=O)(=O)C2)cc1. The number of sulfone groups is 1. The highest BCUT2D eigenvalue weighted by atomic mass is 32.2. The van der Waals surface area contributed by atoms with Crippen LogP contribution in [0.4, 0.5) is 5.69 Å². The molecule has 162 valence electrons. The van der Waals surface area contributed by atoms with Gasteiger partial charge in [-0.1, -0.05) is 0 Å². The van der Waals surface area contributed by atoms with Gasteiger partial charge in [0, 0.05) is 31.6 Å². The first-order valence-corrected chi connectivity index (χ1v) is 11.3. The van der Waals surface area contributed by atoms with Gasteiger partial charge in [-0.05, 0) is 37.6 Å². The number of esters is 1. The van der Waals surface area contributed by atoms with Gasteiger partial charge in [-0.15, -0.1) is 0 Å². The summed E-state index contributed by atoms with van der Waals surface area (Å²) in [5.41, 5.74) is 0.588. The summed E-state index contributed by atoms with van der Waals surface area (Å²) >= 11 is 0. The van der Waals surface area contributed by atoms with Crippen molar-refractivity contribution in [3.63, 3.8) is 0 Å². The van der Waals surface area contributed by atoms with E-state index in [0.29, 0.717) is 30.8 Å². The van der Waals surface area contributed by atoms with Gasteiger partial charge in [0.25, 0.3) is 5.91 Å². The van der Waals surface area contributed by atoms with Crippen molar-refractivity contribution in [2.45, 2.75) is 19.4 Å². The Morgan fingerprint density at radius 1 is 1.33 bits per heavy atom. The molecular weight excluding hydrogens is 410 g/mol. The summed E-state index contributed by atoms with van der Waals surface area (Å²) in [6, 6.07) is 7.64. The minimum Gasteiger partial charge on any atom is -0.462 e. The van der Waals surface area contributed by atoms with E-state index < -0.39 is 21.7 Å². The molecule has 0 aliphatic carbocycles. The van der Waals surface area contributed by atoms with Gasteiger partial charge in [-0.25, -0.2) is 13.2 Å². The van der Waals surface area contributed by atoms with Crippen molar-refractivity contribution in [3.8, 4) is 6.07 Å². The number of amides is 1. The second kappa shape index (κ2) is 10.8. The predicted octanol–water partition coefficient (Wildman–Crippen LogP) is 1.34. The molecular formula is C20H25N3O6S. The van der Waals surface area contributed by atoms with E-state index in [9.17, 15) is 23.3 Å². The number of nitriles is 1. The number of rotatable bonds is 9. The maximum atomic E-state index is 12.5. The van der Waals surface area contributed by atoms with Crippen LogP contribution in [0.2, 0.25) is 0 Å². The molecule has 1 N–H and O–H groups in total. The molecule has 0 radical (unpaired) electrons. The monoisotopic (exact) mass is 435 g/mol. The molecule has 1 fully saturated rings. The third-order valence-electron chi connectivity index (χ3n) is 4.54. The highest BCUT2D eigenvalue weighted by Crippen LogP contribution is 2.19. The number of methoxy groups -OCH3 is 1. The number of hydrogen-bond donors (Lipinski definition) is 1. The molecule has 1 unspecified atom stereocenters. The van der Waals surface area contributed by atoms with Crippen LogP contribution in [0.25, 0.3) is 0 Å². The van der Waals surface area contributed by atoms with Crippen molar-refractivity contribution < 1.29 is 27.5 Å². The Kier molecular flexibility index (Phi) is 8.38.